The van der Waals surface area contributed by atoms with Gasteiger partial charge >= 0.3 is 0 Å². The van der Waals surface area contributed by atoms with Gasteiger partial charge in [-0.05, 0) is 60.1 Å². The molecule has 0 bridgehead atoms. The lowest BCUT2D eigenvalue weighted by Gasteiger charge is -2.23. The fourth-order valence-electron chi connectivity index (χ4n) is 2.92. The van der Waals surface area contributed by atoms with Crippen LogP contribution < -0.4 is 0 Å². The first-order chi connectivity index (χ1) is 12.7. The molecule has 2 aromatic rings. The number of carbonyl (C=O) groups is 1. The third-order valence-corrected chi connectivity index (χ3v) is 4.28. The Labute approximate surface area is 167 Å². The second kappa shape index (κ2) is 11.5. The lowest BCUT2D eigenvalue weighted by atomic mass is 9.82. The van der Waals surface area contributed by atoms with Gasteiger partial charge in [-0.3, -0.25) is 4.79 Å². The van der Waals surface area contributed by atoms with E-state index in [9.17, 15) is 4.79 Å². The molecule has 0 amide bonds. The van der Waals surface area contributed by atoms with E-state index >= 15 is 0 Å². The molecule has 0 aliphatic rings. The van der Waals surface area contributed by atoms with E-state index in [1.54, 1.807) is 6.92 Å². The monoisotopic (exact) mass is 366 g/mol. The first kappa shape index (κ1) is 24.8. The van der Waals surface area contributed by atoms with Crippen molar-refractivity contribution in [1.82, 2.24) is 0 Å². The van der Waals surface area contributed by atoms with E-state index in [4.69, 9.17) is 0 Å². The molecule has 0 aliphatic heterocycles. The molecule has 0 aliphatic carbocycles. The number of Topliss-reactive ketones (excluding diaryl/α,β-unsaturated/α-hetero) is 1. The highest BCUT2D eigenvalue weighted by atomic mass is 16.1. The lowest BCUT2D eigenvalue weighted by molar-refractivity contribution is 0.101. The number of ketones is 1. The fourth-order valence-corrected chi connectivity index (χ4v) is 2.92. The summed E-state index contributed by atoms with van der Waals surface area (Å²) in [6, 6.07) is 14.3. The van der Waals surface area contributed by atoms with Gasteiger partial charge in [0.25, 0.3) is 0 Å². The van der Waals surface area contributed by atoms with Crippen LogP contribution in [0.5, 0.6) is 0 Å². The molecule has 0 saturated heterocycles. The molecule has 0 spiro atoms. The Morgan fingerprint density at radius 1 is 0.852 bits per heavy atom. The summed E-state index contributed by atoms with van der Waals surface area (Å²) in [6.07, 6.45) is 2.21. The maximum atomic E-state index is 11.6. The third kappa shape index (κ3) is 7.17. The van der Waals surface area contributed by atoms with Crippen molar-refractivity contribution in [3.8, 4) is 0 Å². The molecule has 0 unspecified atom stereocenters. The molecule has 0 radical (unpaired) electrons. The number of allylic oxidation sites excluding steroid dienone is 1. The first-order valence-corrected chi connectivity index (χ1v) is 10.1. The second-order valence-corrected chi connectivity index (χ2v) is 7.23. The van der Waals surface area contributed by atoms with Crippen molar-refractivity contribution in [2.24, 2.45) is 0 Å². The van der Waals surface area contributed by atoms with Crippen LogP contribution >= 0.6 is 0 Å². The minimum Gasteiger partial charge on any atom is -0.295 e. The van der Waals surface area contributed by atoms with Crippen molar-refractivity contribution >= 4 is 17.4 Å². The van der Waals surface area contributed by atoms with Gasteiger partial charge in [0, 0.05) is 5.56 Å². The third-order valence-electron chi connectivity index (χ3n) is 4.28. The summed E-state index contributed by atoms with van der Waals surface area (Å²) in [5.74, 6) is 0.102. The number of hydrogen-bond acceptors (Lipinski definition) is 1. The quantitative estimate of drug-likeness (QED) is 0.396. The van der Waals surface area contributed by atoms with Crippen molar-refractivity contribution in [3.63, 3.8) is 0 Å². The Kier molecular flexibility index (Phi) is 10.6. The number of benzene rings is 2. The van der Waals surface area contributed by atoms with Crippen LogP contribution in [0.1, 0.15) is 94.9 Å². The smallest absolute Gasteiger partial charge is 0.159 e. The Bertz CT molecular complexity index is 758. The van der Waals surface area contributed by atoms with Crippen LogP contribution in [0.4, 0.5) is 0 Å². The molecule has 0 heterocycles. The van der Waals surface area contributed by atoms with Gasteiger partial charge in [-0.1, -0.05) is 90.9 Å². The van der Waals surface area contributed by atoms with E-state index in [0.717, 1.165) is 11.1 Å². The normalized spacial score (nSPS) is 11.0. The molecule has 0 atom stereocenters. The summed E-state index contributed by atoms with van der Waals surface area (Å²) < 4.78 is 0. The van der Waals surface area contributed by atoms with E-state index in [0.29, 0.717) is 0 Å². The molecule has 27 heavy (non-hydrogen) atoms. The predicted octanol–water partition coefficient (Wildman–Crippen LogP) is 8.11. The van der Waals surface area contributed by atoms with Crippen molar-refractivity contribution in [2.45, 2.75) is 74.7 Å². The number of rotatable bonds is 3. The molecular formula is C26H38O. The topological polar surface area (TPSA) is 17.1 Å². The average molecular weight is 367 g/mol. The molecular weight excluding hydrogens is 328 g/mol. The predicted molar refractivity (Wildman–Crippen MR) is 123 cm³/mol. The molecule has 2 aromatic carbocycles. The number of carbonyl (C=O) groups excluding carboxylic acids is 1. The summed E-state index contributed by atoms with van der Waals surface area (Å²) in [7, 11) is 0. The Hall–Kier alpha value is -2.15. The molecule has 0 aromatic heterocycles. The number of hydrogen-bond donors (Lipinski definition) is 0. The van der Waals surface area contributed by atoms with Gasteiger partial charge in [-0.25, -0.2) is 0 Å². The standard InChI is InChI=1S/C22H26O.2C2H6/c1-15(18-9-7-11-20(14-18)17(3)23)13-19-10-8-12-21(16(19)2)22(4,5)6;2*1-2/h7-14H,1-6H3;2*1-2H3/b15-13+;;. The maximum Gasteiger partial charge on any atom is 0.159 e. The molecule has 0 fully saturated rings. The lowest BCUT2D eigenvalue weighted by Crippen LogP contribution is -2.13. The summed E-state index contributed by atoms with van der Waals surface area (Å²) in [5, 5.41) is 0. The van der Waals surface area contributed by atoms with E-state index in [-0.39, 0.29) is 11.2 Å². The summed E-state index contributed by atoms with van der Waals surface area (Å²) in [6.45, 7) is 20.6. The van der Waals surface area contributed by atoms with Gasteiger partial charge in [0.2, 0.25) is 0 Å². The van der Waals surface area contributed by atoms with Crippen LogP contribution in [0, 0.1) is 6.92 Å². The molecule has 2 rings (SSSR count). The summed E-state index contributed by atoms with van der Waals surface area (Å²) in [4.78, 5) is 11.6. The van der Waals surface area contributed by atoms with Gasteiger partial charge in [0.05, 0.1) is 0 Å². The van der Waals surface area contributed by atoms with Crippen LogP contribution in [-0.4, -0.2) is 5.78 Å². The second-order valence-electron chi connectivity index (χ2n) is 7.23. The van der Waals surface area contributed by atoms with Crippen molar-refractivity contribution in [2.75, 3.05) is 0 Å². The highest BCUT2D eigenvalue weighted by Gasteiger charge is 2.17. The summed E-state index contributed by atoms with van der Waals surface area (Å²) in [5.41, 5.74) is 7.09. The fraction of sp³-hybridized carbons (Fsp3) is 0.423. The average Bonchev–Trinajstić information content (AvgIpc) is 2.65. The van der Waals surface area contributed by atoms with Crippen molar-refractivity contribution < 1.29 is 4.79 Å². The largest absolute Gasteiger partial charge is 0.295 e. The molecule has 1 nitrogen and oxygen atoms in total. The highest BCUT2D eigenvalue weighted by Crippen LogP contribution is 2.29. The first-order valence-electron chi connectivity index (χ1n) is 10.1. The zero-order chi connectivity index (χ0) is 21.2. The molecule has 0 N–H and O–H groups in total. The van der Waals surface area contributed by atoms with Crippen molar-refractivity contribution in [3.05, 3.63) is 70.3 Å². The zero-order valence-electron chi connectivity index (χ0n) is 19.0. The van der Waals surface area contributed by atoms with Gasteiger partial charge in [0.1, 0.15) is 0 Å². The van der Waals surface area contributed by atoms with Crippen LogP contribution in [0.2, 0.25) is 0 Å². The van der Waals surface area contributed by atoms with Gasteiger partial charge in [-0.2, -0.15) is 0 Å². The zero-order valence-corrected chi connectivity index (χ0v) is 19.0. The van der Waals surface area contributed by atoms with Crippen LogP contribution in [0.25, 0.3) is 11.6 Å². The van der Waals surface area contributed by atoms with E-state index in [2.05, 4.69) is 65.0 Å². The van der Waals surface area contributed by atoms with E-state index in [1.165, 1.54) is 22.3 Å². The van der Waals surface area contributed by atoms with Gasteiger partial charge in [0.15, 0.2) is 5.78 Å². The Morgan fingerprint density at radius 2 is 1.37 bits per heavy atom. The highest BCUT2D eigenvalue weighted by molar-refractivity contribution is 5.95. The van der Waals surface area contributed by atoms with E-state index in [1.807, 2.05) is 45.9 Å². The van der Waals surface area contributed by atoms with Crippen LogP contribution in [0.3, 0.4) is 0 Å². The molecule has 0 saturated carbocycles. The molecule has 148 valence electrons. The Balaban J connectivity index is 0.00000158. The minimum atomic E-state index is 0.102. The SMILES string of the molecule is CC.CC.CC(=O)c1cccc(/C(C)=C/c2cccc(C(C)(C)C)c2C)c1. The van der Waals surface area contributed by atoms with Gasteiger partial charge in [-0.15, -0.1) is 0 Å². The Morgan fingerprint density at radius 3 is 1.89 bits per heavy atom. The molecule has 1 heteroatoms. The summed E-state index contributed by atoms with van der Waals surface area (Å²) >= 11 is 0. The van der Waals surface area contributed by atoms with Crippen LogP contribution in [0.15, 0.2) is 42.5 Å². The maximum absolute atomic E-state index is 11.6. The van der Waals surface area contributed by atoms with E-state index < -0.39 is 0 Å². The van der Waals surface area contributed by atoms with Crippen LogP contribution in [-0.2, 0) is 5.41 Å². The van der Waals surface area contributed by atoms with Gasteiger partial charge < -0.3 is 0 Å². The minimum absolute atomic E-state index is 0.102. The van der Waals surface area contributed by atoms with Crippen molar-refractivity contribution in [1.29, 1.82) is 0 Å².